The van der Waals surface area contributed by atoms with Crippen LogP contribution in [0.3, 0.4) is 0 Å². The quantitative estimate of drug-likeness (QED) is 0.634. The highest BCUT2D eigenvalue weighted by Crippen LogP contribution is 2.52. The van der Waals surface area contributed by atoms with Crippen LogP contribution in [-0.4, -0.2) is 27.7 Å². The van der Waals surface area contributed by atoms with E-state index in [1.807, 2.05) is 12.2 Å². The van der Waals surface area contributed by atoms with E-state index >= 15 is 0 Å². The molecule has 2 aliphatic carbocycles. The predicted molar refractivity (Wildman–Crippen MR) is 71.3 cm³/mol. The average molecular weight is 283 g/mol. The number of aromatic nitrogens is 1. The minimum Gasteiger partial charge on any atom is -0.272 e. The number of imide groups is 1. The normalized spacial score (nSPS) is 32.7. The molecule has 4 atom stereocenters. The Morgan fingerprint density at radius 3 is 2.43 bits per heavy atom. The second kappa shape index (κ2) is 4.25. The fourth-order valence-corrected chi connectivity index (χ4v) is 3.68. The highest BCUT2D eigenvalue weighted by Gasteiger charge is 2.59. The van der Waals surface area contributed by atoms with Crippen molar-refractivity contribution in [2.75, 3.05) is 0 Å². The number of hydrogen-bond donors (Lipinski definition) is 1. The average Bonchev–Trinajstić information content (AvgIpc) is 3.18. The van der Waals surface area contributed by atoms with Gasteiger partial charge in [0, 0.05) is 12.4 Å². The van der Waals surface area contributed by atoms with Gasteiger partial charge in [0.25, 0.3) is 17.7 Å². The highest BCUT2D eigenvalue weighted by molar-refractivity contribution is 6.08. The Balaban J connectivity index is 1.56. The van der Waals surface area contributed by atoms with E-state index in [4.69, 9.17) is 0 Å². The fourth-order valence-electron chi connectivity index (χ4n) is 3.68. The van der Waals surface area contributed by atoms with E-state index in [-0.39, 0.29) is 35.5 Å². The van der Waals surface area contributed by atoms with Gasteiger partial charge in [0.15, 0.2) is 0 Å². The van der Waals surface area contributed by atoms with E-state index in [0.717, 1.165) is 11.4 Å². The van der Waals surface area contributed by atoms with Crippen LogP contribution in [-0.2, 0) is 9.59 Å². The molecular formula is C15H13N3O3. The van der Waals surface area contributed by atoms with Crippen molar-refractivity contribution in [2.24, 2.45) is 23.7 Å². The number of pyridine rings is 1. The van der Waals surface area contributed by atoms with Gasteiger partial charge in [-0.1, -0.05) is 12.2 Å². The largest absolute Gasteiger partial charge is 0.272 e. The van der Waals surface area contributed by atoms with Gasteiger partial charge < -0.3 is 0 Å². The lowest BCUT2D eigenvalue weighted by molar-refractivity contribution is -0.143. The summed E-state index contributed by atoms with van der Waals surface area (Å²) in [4.78, 5) is 40.7. The van der Waals surface area contributed by atoms with E-state index in [2.05, 4.69) is 10.4 Å². The zero-order valence-electron chi connectivity index (χ0n) is 11.1. The first-order valence-corrected chi connectivity index (χ1v) is 6.94. The number of rotatable bonds is 2. The summed E-state index contributed by atoms with van der Waals surface area (Å²) in [6.45, 7) is 0. The van der Waals surface area contributed by atoms with Gasteiger partial charge in [-0.25, -0.2) is 0 Å². The molecule has 3 aliphatic rings. The maximum Gasteiger partial charge on any atom is 0.271 e. The maximum absolute atomic E-state index is 12.4. The molecule has 1 aromatic rings. The zero-order chi connectivity index (χ0) is 14.6. The van der Waals surface area contributed by atoms with Gasteiger partial charge in [-0.2, -0.15) is 5.01 Å². The second-order valence-corrected chi connectivity index (χ2v) is 5.69. The van der Waals surface area contributed by atoms with Crippen LogP contribution < -0.4 is 5.43 Å². The second-order valence-electron chi connectivity index (χ2n) is 5.69. The smallest absolute Gasteiger partial charge is 0.271 e. The third-order valence-corrected chi connectivity index (χ3v) is 4.61. The van der Waals surface area contributed by atoms with E-state index in [0.29, 0.717) is 5.56 Å². The highest BCUT2D eigenvalue weighted by atomic mass is 16.2. The summed E-state index contributed by atoms with van der Waals surface area (Å²) in [6.07, 6.45) is 7.85. The minimum absolute atomic E-state index is 0.136. The molecule has 1 aliphatic heterocycles. The van der Waals surface area contributed by atoms with Crippen molar-refractivity contribution in [2.45, 2.75) is 6.42 Å². The monoisotopic (exact) mass is 283 g/mol. The molecule has 0 radical (unpaired) electrons. The third-order valence-electron chi connectivity index (χ3n) is 4.61. The van der Waals surface area contributed by atoms with Gasteiger partial charge in [-0.05, 0) is 30.4 Å². The molecule has 1 N–H and O–H groups in total. The number of carbonyl (C=O) groups excluding carboxylic acids is 3. The Labute approximate surface area is 120 Å². The van der Waals surface area contributed by atoms with Crippen molar-refractivity contribution in [3.63, 3.8) is 0 Å². The van der Waals surface area contributed by atoms with Crippen LogP contribution in [0, 0.1) is 23.7 Å². The van der Waals surface area contributed by atoms with Crippen molar-refractivity contribution in [3.05, 3.63) is 42.2 Å². The number of amides is 3. The minimum atomic E-state index is -0.495. The summed E-state index contributed by atoms with van der Waals surface area (Å²) in [7, 11) is 0. The molecule has 1 aromatic heterocycles. The summed E-state index contributed by atoms with van der Waals surface area (Å²) in [5.74, 6) is -1.42. The van der Waals surface area contributed by atoms with Crippen LogP contribution in [0.15, 0.2) is 36.7 Å². The summed E-state index contributed by atoms with van der Waals surface area (Å²) in [6, 6.07) is 3.21. The number of hydrogen-bond acceptors (Lipinski definition) is 4. The molecule has 1 saturated heterocycles. The van der Waals surface area contributed by atoms with Crippen molar-refractivity contribution in [1.29, 1.82) is 0 Å². The molecule has 0 aromatic carbocycles. The van der Waals surface area contributed by atoms with E-state index in [1.165, 1.54) is 6.20 Å². The summed E-state index contributed by atoms with van der Waals surface area (Å²) in [5, 5.41) is 0.900. The van der Waals surface area contributed by atoms with Crippen LogP contribution in [0.25, 0.3) is 0 Å². The van der Waals surface area contributed by atoms with Gasteiger partial charge >= 0.3 is 0 Å². The Morgan fingerprint density at radius 1 is 1.19 bits per heavy atom. The molecule has 21 heavy (non-hydrogen) atoms. The Hall–Kier alpha value is -2.50. The molecule has 0 unspecified atom stereocenters. The molecule has 4 rings (SSSR count). The standard InChI is InChI=1S/C15H13N3O3/c19-13(10-2-1-5-16-7-10)17-18-14(20)11-8-3-4-9(6-8)12(11)15(18)21/h1-5,7-9,11-12H,6H2,(H,17,19)/t8-,9-,11-,12+/m0/s1. The van der Waals surface area contributed by atoms with Gasteiger partial charge in [0.2, 0.25) is 0 Å². The number of nitrogens with zero attached hydrogens (tertiary/aromatic N) is 2. The van der Waals surface area contributed by atoms with Crippen LogP contribution in [0.4, 0.5) is 0 Å². The zero-order valence-corrected chi connectivity index (χ0v) is 11.1. The molecule has 2 fully saturated rings. The molecule has 6 nitrogen and oxygen atoms in total. The fraction of sp³-hybridized carbons (Fsp3) is 0.333. The summed E-state index contributed by atoms with van der Waals surface area (Å²) in [5.41, 5.74) is 2.74. The van der Waals surface area contributed by atoms with Gasteiger partial charge in [0.05, 0.1) is 17.4 Å². The van der Waals surface area contributed by atoms with Crippen LogP contribution in [0.1, 0.15) is 16.8 Å². The molecule has 2 bridgehead atoms. The first-order chi connectivity index (χ1) is 10.2. The van der Waals surface area contributed by atoms with Crippen molar-refractivity contribution in [3.8, 4) is 0 Å². The molecule has 6 heteroatoms. The SMILES string of the molecule is O=C(NN1C(=O)[C@@H]2[C@H](C1=O)[C@H]1C=C[C@H]2C1)c1cccnc1. The van der Waals surface area contributed by atoms with Gasteiger partial charge in [-0.15, -0.1) is 0 Å². The molecular weight excluding hydrogens is 270 g/mol. The summed E-state index contributed by atoms with van der Waals surface area (Å²) >= 11 is 0. The van der Waals surface area contributed by atoms with E-state index in [1.54, 1.807) is 18.3 Å². The molecule has 1 saturated carbocycles. The number of hydrazine groups is 1. The topological polar surface area (TPSA) is 79.4 Å². The van der Waals surface area contributed by atoms with Crippen molar-refractivity contribution < 1.29 is 14.4 Å². The van der Waals surface area contributed by atoms with Crippen LogP contribution >= 0.6 is 0 Å². The number of carbonyl (C=O) groups is 3. The van der Waals surface area contributed by atoms with Crippen LogP contribution in [0.5, 0.6) is 0 Å². The van der Waals surface area contributed by atoms with Crippen molar-refractivity contribution >= 4 is 17.7 Å². The Kier molecular flexibility index (Phi) is 2.48. The van der Waals surface area contributed by atoms with Crippen LogP contribution in [0.2, 0.25) is 0 Å². The summed E-state index contributed by atoms with van der Waals surface area (Å²) < 4.78 is 0. The molecule has 0 spiro atoms. The lowest BCUT2D eigenvalue weighted by Crippen LogP contribution is -2.47. The van der Waals surface area contributed by atoms with Crippen molar-refractivity contribution in [1.82, 2.24) is 15.4 Å². The lowest BCUT2D eigenvalue weighted by Gasteiger charge is -2.17. The maximum atomic E-state index is 12.4. The van der Waals surface area contributed by atoms with E-state index in [9.17, 15) is 14.4 Å². The molecule has 3 amide bonds. The Bertz CT molecular complexity index is 640. The lowest BCUT2D eigenvalue weighted by atomic mass is 9.85. The Morgan fingerprint density at radius 2 is 1.86 bits per heavy atom. The first kappa shape index (κ1) is 12.3. The van der Waals surface area contributed by atoms with E-state index < -0.39 is 5.91 Å². The predicted octanol–water partition coefficient (Wildman–Crippen LogP) is 0.533. The third kappa shape index (κ3) is 1.65. The molecule has 2 heterocycles. The van der Waals surface area contributed by atoms with Gasteiger partial charge in [-0.3, -0.25) is 24.8 Å². The number of nitrogens with one attached hydrogen (secondary N) is 1. The first-order valence-electron chi connectivity index (χ1n) is 6.94. The van der Waals surface area contributed by atoms with Gasteiger partial charge in [0.1, 0.15) is 0 Å². The molecule has 106 valence electrons. The number of fused-ring (bicyclic) bond motifs is 5. The number of allylic oxidation sites excluding steroid dienone is 2.